The Bertz CT molecular complexity index is 382. The fourth-order valence-electron chi connectivity index (χ4n) is 1.03. The quantitative estimate of drug-likeness (QED) is 0.446. The third-order valence-electron chi connectivity index (χ3n) is 1.87. The van der Waals surface area contributed by atoms with E-state index >= 15 is 0 Å². The zero-order valence-electron chi connectivity index (χ0n) is 8.86. The highest BCUT2D eigenvalue weighted by Crippen LogP contribution is 2.01. The van der Waals surface area contributed by atoms with Crippen molar-refractivity contribution in [3.05, 3.63) is 54.1 Å². The van der Waals surface area contributed by atoms with Crippen LogP contribution in [0.3, 0.4) is 0 Å². The maximum atomic E-state index is 11.1. The van der Waals surface area contributed by atoms with Crippen LogP contribution >= 0.6 is 11.6 Å². The Morgan fingerprint density at radius 1 is 1.38 bits per heavy atom. The number of hydrogen-bond donors (Lipinski definition) is 0. The fraction of sp³-hybridized carbons (Fsp3) is 0.154. The Morgan fingerprint density at radius 2 is 2.06 bits per heavy atom. The number of ether oxygens (including phenoxy) is 1. The molecule has 1 rings (SSSR count). The molecule has 0 spiro atoms. The lowest BCUT2D eigenvalue weighted by Gasteiger charge is -2.01. The molecule has 1 aromatic rings. The highest BCUT2D eigenvalue weighted by molar-refractivity contribution is 6.22. The van der Waals surface area contributed by atoms with E-state index in [1.54, 1.807) is 6.08 Å². The second-order valence-corrected chi connectivity index (χ2v) is 3.42. The number of carbonyl (C=O) groups excluding carboxylic acids is 1. The van der Waals surface area contributed by atoms with E-state index in [0.29, 0.717) is 0 Å². The Morgan fingerprint density at radius 3 is 2.69 bits per heavy atom. The summed E-state index contributed by atoms with van der Waals surface area (Å²) in [6, 6.07) is 9.77. The van der Waals surface area contributed by atoms with Crippen molar-refractivity contribution in [1.82, 2.24) is 0 Å². The van der Waals surface area contributed by atoms with Crippen molar-refractivity contribution in [1.29, 1.82) is 0 Å². The van der Waals surface area contributed by atoms with Gasteiger partial charge in [-0.25, -0.2) is 4.79 Å². The second kappa shape index (κ2) is 6.85. The van der Waals surface area contributed by atoms with Gasteiger partial charge < -0.3 is 4.74 Å². The number of halogens is 1. The van der Waals surface area contributed by atoms with E-state index < -0.39 is 5.97 Å². The molecule has 0 bridgehead atoms. The molecule has 0 saturated carbocycles. The molecular weight excluding hydrogens is 224 g/mol. The largest absolute Gasteiger partial charge is 0.458 e. The van der Waals surface area contributed by atoms with Gasteiger partial charge >= 0.3 is 5.97 Å². The summed E-state index contributed by atoms with van der Waals surface area (Å²) in [5.74, 6) is -0.353. The van der Waals surface area contributed by atoms with Gasteiger partial charge in [0.2, 0.25) is 0 Å². The standard InChI is InChI=1S/C13H13ClO2/c1-11(10-14)13(15)16-9-5-8-12-6-3-2-4-7-12/h2-8H,1,9-10H2. The van der Waals surface area contributed by atoms with E-state index in [-0.39, 0.29) is 18.1 Å². The summed E-state index contributed by atoms with van der Waals surface area (Å²) in [7, 11) is 0. The maximum absolute atomic E-state index is 11.1. The van der Waals surface area contributed by atoms with Crippen LogP contribution in [0.15, 0.2) is 48.6 Å². The van der Waals surface area contributed by atoms with Crippen LogP contribution in [0, 0.1) is 0 Å². The molecule has 0 radical (unpaired) electrons. The summed E-state index contributed by atoms with van der Waals surface area (Å²) in [6.07, 6.45) is 3.66. The van der Waals surface area contributed by atoms with Gasteiger partial charge in [-0.2, -0.15) is 0 Å². The Kier molecular flexibility index (Phi) is 5.37. The van der Waals surface area contributed by atoms with Crippen molar-refractivity contribution in [3.63, 3.8) is 0 Å². The Balaban J connectivity index is 2.34. The van der Waals surface area contributed by atoms with Gasteiger partial charge in [0.15, 0.2) is 0 Å². The van der Waals surface area contributed by atoms with Crippen molar-refractivity contribution < 1.29 is 9.53 Å². The summed E-state index contributed by atoms with van der Waals surface area (Å²) in [5.41, 5.74) is 1.34. The van der Waals surface area contributed by atoms with Crippen molar-refractivity contribution >= 4 is 23.6 Å². The minimum absolute atomic E-state index is 0.0984. The van der Waals surface area contributed by atoms with Crippen LogP contribution in [-0.2, 0) is 9.53 Å². The molecule has 2 nitrogen and oxygen atoms in total. The summed E-state index contributed by atoms with van der Waals surface area (Å²) < 4.78 is 4.91. The zero-order valence-corrected chi connectivity index (χ0v) is 9.61. The van der Waals surface area contributed by atoms with E-state index in [2.05, 4.69) is 6.58 Å². The Hall–Kier alpha value is -1.54. The van der Waals surface area contributed by atoms with Gasteiger partial charge in [-0.05, 0) is 11.6 Å². The second-order valence-electron chi connectivity index (χ2n) is 3.15. The van der Waals surface area contributed by atoms with Gasteiger partial charge in [0.1, 0.15) is 6.61 Å². The third kappa shape index (κ3) is 4.32. The monoisotopic (exact) mass is 236 g/mol. The predicted molar refractivity (Wildman–Crippen MR) is 66.3 cm³/mol. The van der Waals surface area contributed by atoms with Gasteiger partial charge in [-0.3, -0.25) is 0 Å². The number of carbonyl (C=O) groups is 1. The summed E-state index contributed by atoms with van der Waals surface area (Å²) >= 11 is 5.44. The highest BCUT2D eigenvalue weighted by atomic mass is 35.5. The number of alkyl halides is 1. The Labute approximate surface area is 100 Å². The van der Waals surface area contributed by atoms with Crippen molar-refractivity contribution in [3.8, 4) is 0 Å². The molecular formula is C13H13ClO2. The predicted octanol–water partition coefficient (Wildman–Crippen LogP) is 3.04. The molecule has 0 atom stereocenters. The average molecular weight is 237 g/mol. The summed E-state index contributed by atoms with van der Waals surface area (Å²) in [5, 5.41) is 0. The maximum Gasteiger partial charge on any atom is 0.334 e. The van der Waals surface area contributed by atoms with E-state index in [1.165, 1.54) is 0 Å². The van der Waals surface area contributed by atoms with E-state index in [9.17, 15) is 4.79 Å². The van der Waals surface area contributed by atoms with Crippen molar-refractivity contribution in [2.75, 3.05) is 12.5 Å². The smallest absolute Gasteiger partial charge is 0.334 e. The van der Waals surface area contributed by atoms with Gasteiger partial charge in [0.05, 0.1) is 5.88 Å². The van der Waals surface area contributed by atoms with Crippen LogP contribution < -0.4 is 0 Å². The van der Waals surface area contributed by atoms with Crippen LogP contribution in [0.4, 0.5) is 0 Å². The molecule has 0 unspecified atom stereocenters. The van der Waals surface area contributed by atoms with Crippen LogP contribution in [0.5, 0.6) is 0 Å². The topological polar surface area (TPSA) is 26.3 Å². The molecule has 0 aromatic heterocycles. The zero-order chi connectivity index (χ0) is 11.8. The molecule has 0 aliphatic rings. The van der Waals surface area contributed by atoms with Gasteiger partial charge in [-0.1, -0.05) is 43.0 Å². The summed E-state index contributed by atoms with van der Waals surface area (Å²) in [4.78, 5) is 11.1. The first kappa shape index (κ1) is 12.5. The van der Waals surface area contributed by atoms with E-state index in [0.717, 1.165) is 5.56 Å². The molecule has 0 amide bonds. The van der Waals surface area contributed by atoms with Crippen LogP contribution in [-0.4, -0.2) is 18.5 Å². The minimum atomic E-state index is -0.451. The first-order valence-electron chi connectivity index (χ1n) is 4.86. The molecule has 1 aromatic carbocycles. The molecule has 0 N–H and O–H groups in total. The number of rotatable bonds is 5. The highest BCUT2D eigenvalue weighted by Gasteiger charge is 2.04. The molecule has 16 heavy (non-hydrogen) atoms. The molecule has 3 heteroatoms. The van der Waals surface area contributed by atoms with Crippen LogP contribution in [0.1, 0.15) is 5.56 Å². The average Bonchev–Trinajstić information content (AvgIpc) is 2.34. The van der Waals surface area contributed by atoms with Crippen molar-refractivity contribution in [2.45, 2.75) is 0 Å². The minimum Gasteiger partial charge on any atom is -0.458 e. The van der Waals surface area contributed by atoms with Gasteiger partial charge in [0.25, 0.3) is 0 Å². The molecule has 84 valence electrons. The number of benzene rings is 1. The normalized spacial score (nSPS) is 10.3. The lowest BCUT2D eigenvalue weighted by molar-refractivity contribution is -0.137. The van der Waals surface area contributed by atoms with Gasteiger partial charge in [0, 0.05) is 5.57 Å². The fourth-order valence-corrected chi connectivity index (χ4v) is 1.14. The number of hydrogen-bond acceptors (Lipinski definition) is 2. The van der Waals surface area contributed by atoms with E-state index in [4.69, 9.17) is 16.3 Å². The molecule has 0 heterocycles. The third-order valence-corrected chi connectivity index (χ3v) is 2.19. The first-order valence-corrected chi connectivity index (χ1v) is 5.40. The lowest BCUT2D eigenvalue weighted by atomic mass is 10.2. The van der Waals surface area contributed by atoms with Crippen molar-refractivity contribution in [2.24, 2.45) is 0 Å². The van der Waals surface area contributed by atoms with Crippen LogP contribution in [0.25, 0.3) is 6.08 Å². The summed E-state index contributed by atoms with van der Waals surface area (Å²) in [6.45, 7) is 3.71. The van der Waals surface area contributed by atoms with E-state index in [1.807, 2.05) is 36.4 Å². The molecule has 0 fully saturated rings. The van der Waals surface area contributed by atoms with Crippen LogP contribution in [0.2, 0.25) is 0 Å². The first-order chi connectivity index (χ1) is 7.74. The number of esters is 1. The van der Waals surface area contributed by atoms with Gasteiger partial charge in [-0.15, -0.1) is 11.6 Å². The SMILES string of the molecule is C=C(CCl)C(=O)OCC=Cc1ccccc1. The lowest BCUT2D eigenvalue weighted by Crippen LogP contribution is -2.07. The molecule has 0 saturated heterocycles. The molecule has 0 aliphatic heterocycles. The molecule has 0 aliphatic carbocycles.